The monoisotopic (exact) mass is 1130 g/mol. The van der Waals surface area contributed by atoms with Gasteiger partial charge in [-0.25, -0.2) is 39.9 Å². The highest BCUT2D eigenvalue weighted by Crippen LogP contribution is 2.24. The van der Waals surface area contributed by atoms with Crippen molar-refractivity contribution in [2.24, 2.45) is 0 Å². The molecule has 5 N–H and O–H groups in total. The number of ketones is 2. The third-order valence-electron chi connectivity index (χ3n) is 14.2. The van der Waals surface area contributed by atoms with Crippen LogP contribution in [0.15, 0.2) is 83.1 Å². The first-order valence-corrected chi connectivity index (χ1v) is 27.9. The molecule has 4 aliphatic heterocycles. The average molecular weight is 1140 g/mol. The molecule has 432 valence electrons. The van der Waals surface area contributed by atoms with Crippen LogP contribution in [0.25, 0.3) is 0 Å². The number of ether oxygens (including phenoxy) is 2. The number of hydrogen-bond acceptors (Lipinski definition) is 22. The maximum Gasteiger partial charge on any atom is 0.219 e. The number of anilines is 2. The summed E-state index contributed by atoms with van der Waals surface area (Å²) in [6.07, 6.45) is 13.6. The fourth-order valence-electron chi connectivity index (χ4n) is 9.60. The number of aromatic nitrogens is 8. The van der Waals surface area contributed by atoms with Crippen LogP contribution in [-0.2, 0) is 48.7 Å². The number of hydrogen-bond donors (Lipinski definition) is 5. The minimum Gasteiger partial charge on any atom is -0.469 e. The molecule has 10 rings (SSSR count). The van der Waals surface area contributed by atoms with Crippen molar-refractivity contribution in [3.63, 3.8) is 0 Å². The molecule has 0 bridgehead atoms. The summed E-state index contributed by atoms with van der Waals surface area (Å²) in [4.78, 5) is 87.0. The molecule has 25 heteroatoms. The van der Waals surface area contributed by atoms with E-state index in [0.717, 1.165) is 88.2 Å². The Hall–Kier alpha value is -7.51. The molecule has 24 nitrogen and oxygen atoms in total. The average Bonchev–Trinajstić information content (AvgIpc) is 4.24. The highest BCUT2D eigenvalue weighted by atomic mass is 35.5. The number of nitrogens with zero attached hydrogens (tertiary/aromatic N) is 11. The van der Waals surface area contributed by atoms with Gasteiger partial charge in [-0.05, 0) is 49.7 Å². The van der Waals surface area contributed by atoms with E-state index in [0.29, 0.717) is 91.9 Å². The molecule has 2 saturated heterocycles. The number of fused-ring (bicyclic) bond motifs is 2. The molecule has 0 unspecified atom stereocenters. The highest BCUT2D eigenvalue weighted by Gasteiger charge is 2.25. The summed E-state index contributed by atoms with van der Waals surface area (Å²) in [5.74, 6) is 3.77. The third-order valence-corrected chi connectivity index (χ3v) is 14.6. The number of pyridine rings is 2. The first kappa shape index (κ1) is 59.6. The summed E-state index contributed by atoms with van der Waals surface area (Å²) in [6.45, 7) is 10.5. The quantitative estimate of drug-likeness (QED) is 0.0468. The van der Waals surface area contributed by atoms with Crippen molar-refractivity contribution in [1.82, 2.24) is 59.9 Å². The number of aliphatic hydroxyl groups is 2. The lowest BCUT2D eigenvalue weighted by Crippen LogP contribution is -2.41. The zero-order valence-electron chi connectivity index (χ0n) is 45.8. The van der Waals surface area contributed by atoms with Crippen molar-refractivity contribution in [2.75, 3.05) is 62.3 Å². The van der Waals surface area contributed by atoms with Gasteiger partial charge >= 0.3 is 0 Å². The minimum absolute atomic E-state index is 0.0949. The Morgan fingerprint density at radius 3 is 1.69 bits per heavy atom. The van der Waals surface area contributed by atoms with Crippen molar-refractivity contribution < 1.29 is 47.7 Å². The van der Waals surface area contributed by atoms with Gasteiger partial charge in [-0.1, -0.05) is 12.1 Å². The van der Waals surface area contributed by atoms with Crippen molar-refractivity contribution in [2.45, 2.75) is 129 Å². The van der Waals surface area contributed by atoms with Gasteiger partial charge in [0.15, 0.2) is 35.9 Å². The van der Waals surface area contributed by atoms with E-state index in [1.807, 2.05) is 28.0 Å². The number of Topliss-reactive ketones (excluding diaryl/α,β-unsaturated/α-hetero) is 2. The second kappa shape index (κ2) is 30.3. The van der Waals surface area contributed by atoms with Crippen molar-refractivity contribution in [3.8, 4) is 11.8 Å². The van der Waals surface area contributed by atoms with Crippen LogP contribution in [0.2, 0.25) is 0 Å². The number of piperidine rings is 2. The number of alkyl halides is 1. The van der Waals surface area contributed by atoms with E-state index in [4.69, 9.17) is 29.9 Å². The molecular formula is C56H71ClN14O10. The number of nitrogens with one attached hydrogen (secondary N) is 3. The lowest BCUT2D eigenvalue weighted by Gasteiger charge is -2.31. The van der Waals surface area contributed by atoms with Crippen LogP contribution in [0.4, 0.5) is 11.6 Å². The standard InChI is InChI=1S/C28H35N7O5.C16H23ClN4O3.C12H13N3O2/c1-19(36)35-10-6-21(7-11-35)32-27-12-25(30-17-31-27)26(38)4-3-22(37)15-34-9-8-24-20(14-34)2-5-28(33-24)39-16-23-13-29-18-40-23;1-11(22)21-6-4-12(5-7-21)20-16-8-14(18-10-19-16)15(24)3-2-13(23)9-17;1-2-12(16-7-10-6-14-8-17-10)15-11-3-4-13-5-9(1)11/h2,5,12-13,17-18,21-22,37H,3-4,6-11,14-16H2,1H3,(H,30,31,32);8,10,12-13,23H,2-7,9H2,1H3,(H,18,19,20);1-2,6,8,13H,3-5,7H2/t22-;13-;/m00./s1. The van der Waals surface area contributed by atoms with Crippen LogP contribution in [0.3, 0.4) is 0 Å². The van der Waals surface area contributed by atoms with Gasteiger partial charge in [0, 0.05) is 141 Å². The summed E-state index contributed by atoms with van der Waals surface area (Å²) in [7, 11) is 0. The second-order valence-corrected chi connectivity index (χ2v) is 20.6. The van der Waals surface area contributed by atoms with Crippen LogP contribution in [0, 0.1) is 0 Å². The SMILES string of the molecule is CC(=O)N1CCC(Nc2cc(C(=O)CC[C@H](O)CCl)ncn2)CC1.CC(=O)N1CCC(Nc2cc(C(=O)CC[C@H](O)CN3CCc4nc(OCc5cnco5)ccc4C3)ncn2)CC1.c1ncc(COc2ccc3c(n2)CCNC3)o1. The zero-order valence-corrected chi connectivity index (χ0v) is 46.5. The molecule has 2 amide bonds. The summed E-state index contributed by atoms with van der Waals surface area (Å²) in [6, 6.07) is 11.5. The fraction of sp³-hybridized carbons (Fsp3) is 0.500. The van der Waals surface area contributed by atoms with E-state index in [9.17, 15) is 29.4 Å². The van der Waals surface area contributed by atoms with Crippen LogP contribution in [-0.4, -0.2) is 164 Å². The van der Waals surface area contributed by atoms with E-state index >= 15 is 0 Å². The van der Waals surface area contributed by atoms with Crippen LogP contribution < -0.4 is 25.4 Å². The third kappa shape index (κ3) is 18.8. The number of carbonyl (C=O) groups is 4. The Morgan fingerprint density at radius 2 is 1.20 bits per heavy atom. The van der Waals surface area contributed by atoms with E-state index < -0.39 is 12.2 Å². The van der Waals surface area contributed by atoms with Gasteiger partial charge in [0.25, 0.3) is 0 Å². The number of aliphatic hydroxyl groups excluding tert-OH is 2. The van der Waals surface area contributed by atoms with Crippen molar-refractivity contribution in [1.29, 1.82) is 0 Å². The van der Waals surface area contributed by atoms with Crippen LogP contribution in [0.5, 0.6) is 11.8 Å². The normalized spacial score (nSPS) is 16.3. The highest BCUT2D eigenvalue weighted by molar-refractivity contribution is 6.18. The maximum atomic E-state index is 12.8. The van der Waals surface area contributed by atoms with E-state index in [-0.39, 0.29) is 60.8 Å². The van der Waals surface area contributed by atoms with E-state index in [1.165, 1.54) is 31.0 Å². The van der Waals surface area contributed by atoms with Gasteiger partial charge < -0.3 is 54.3 Å². The van der Waals surface area contributed by atoms with Crippen LogP contribution >= 0.6 is 11.6 Å². The van der Waals surface area contributed by atoms with Gasteiger partial charge in [0.05, 0.1) is 36.0 Å². The topological polar surface area (TPSA) is 302 Å². The molecule has 0 spiro atoms. The number of carbonyl (C=O) groups excluding carboxylic acids is 4. The summed E-state index contributed by atoms with van der Waals surface area (Å²) < 4.78 is 21.5. The number of rotatable bonds is 21. The molecule has 0 saturated carbocycles. The predicted octanol–water partition coefficient (Wildman–Crippen LogP) is 5.00. The van der Waals surface area contributed by atoms with Gasteiger partial charge in [0.2, 0.25) is 23.6 Å². The smallest absolute Gasteiger partial charge is 0.219 e. The zero-order chi connectivity index (χ0) is 56.9. The number of oxazole rings is 2. The molecule has 0 radical (unpaired) electrons. The van der Waals surface area contributed by atoms with Gasteiger partial charge in [-0.15, -0.1) is 11.6 Å². The number of amides is 2. The Labute approximate surface area is 474 Å². The van der Waals surface area contributed by atoms with Gasteiger partial charge in [0.1, 0.15) is 48.9 Å². The Morgan fingerprint density at radius 1 is 0.691 bits per heavy atom. The largest absolute Gasteiger partial charge is 0.469 e. The van der Waals surface area contributed by atoms with Crippen molar-refractivity contribution in [3.05, 3.63) is 120 Å². The van der Waals surface area contributed by atoms with E-state index in [1.54, 1.807) is 38.4 Å². The first-order valence-electron chi connectivity index (χ1n) is 27.4. The van der Waals surface area contributed by atoms with Gasteiger partial charge in [-0.2, -0.15) is 0 Å². The summed E-state index contributed by atoms with van der Waals surface area (Å²) >= 11 is 5.52. The second-order valence-electron chi connectivity index (χ2n) is 20.2. The van der Waals surface area contributed by atoms with Crippen LogP contribution in [0.1, 0.15) is 120 Å². The van der Waals surface area contributed by atoms with Gasteiger partial charge in [-0.3, -0.25) is 24.1 Å². The first-order chi connectivity index (χ1) is 39.3. The fourth-order valence-corrected chi connectivity index (χ4v) is 9.75. The Bertz CT molecular complexity index is 2960. The Balaban J connectivity index is 0.000000177. The Kier molecular flexibility index (Phi) is 22.3. The van der Waals surface area contributed by atoms with Crippen molar-refractivity contribution >= 4 is 46.6 Å². The molecule has 6 aromatic rings. The minimum atomic E-state index is -0.679. The predicted molar refractivity (Wildman–Crippen MR) is 296 cm³/mol. The molecule has 6 aromatic heterocycles. The molecule has 81 heavy (non-hydrogen) atoms. The lowest BCUT2D eigenvalue weighted by atomic mass is 10.0. The number of β-amino-alcohol motifs (C(OH)–C–C–N with tert-alkyl or cyclic N) is 1. The molecule has 2 fully saturated rings. The number of halogens is 1. The summed E-state index contributed by atoms with van der Waals surface area (Å²) in [5.41, 5.74) is 5.14. The maximum absolute atomic E-state index is 12.8. The van der Waals surface area contributed by atoms with E-state index in [2.05, 4.69) is 66.8 Å². The molecule has 2 atom stereocenters. The molecule has 4 aliphatic rings. The molecular weight excluding hydrogens is 1060 g/mol. The summed E-state index contributed by atoms with van der Waals surface area (Å²) in [5, 5.41) is 30.1. The molecule has 0 aliphatic carbocycles. The molecule has 0 aromatic carbocycles. The lowest BCUT2D eigenvalue weighted by molar-refractivity contribution is -0.130. The molecule has 10 heterocycles. The number of likely N-dealkylation sites (tertiary alicyclic amines) is 2.